The van der Waals surface area contributed by atoms with Gasteiger partial charge in [0.1, 0.15) is 10.6 Å². The SMILES string of the molecule is Cc1nnc(NC(=O)CSc2nnc(-c3ccccc3[N+](=O)[O-])o2)s1. The molecule has 0 saturated carbocycles. The molecule has 1 amide bonds. The molecule has 12 heteroatoms. The molecule has 0 aliphatic heterocycles. The molecule has 128 valence electrons. The maximum absolute atomic E-state index is 11.8. The molecule has 1 N–H and O–H groups in total. The number of nitrogens with zero attached hydrogens (tertiary/aromatic N) is 5. The van der Waals surface area contributed by atoms with Crippen LogP contribution in [0.25, 0.3) is 11.5 Å². The Balaban J connectivity index is 1.64. The van der Waals surface area contributed by atoms with Crippen molar-refractivity contribution in [3.05, 3.63) is 39.4 Å². The zero-order chi connectivity index (χ0) is 17.8. The van der Waals surface area contributed by atoms with Crippen molar-refractivity contribution in [2.75, 3.05) is 11.1 Å². The van der Waals surface area contributed by atoms with Crippen molar-refractivity contribution in [3.8, 4) is 11.5 Å². The van der Waals surface area contributed by atoms with Crippen molar-refractivity contribution in [1.82, 2.24) is 20.4 Å². The molecule has 0 spiro atoms. The molecule has 0 unspecified atom stereocenters. The van der Waals surface area contributed by atoms with Crippen molar-refractivity contribution in [2.24, 2.45) is 0 Å². The standard InChI is InChI=1S/C13H10N6O4S2/c1-7-15-17-12(25-7)14-10(20)6-24-13-18-16-11(23-13)8-4-2-3-5-9(8)19(21)22/h2-5H,6H2,1H3,(H,14,17,20). The van der Waals surface area contributed by atoms with Crippen LogP contribution in [-0.4, -0.2) is 37.0 Å². The zero-order valence-corrected chi connectivity index (χ0v) is 14.3. The molecule has 0 bridgehead atoms. The highest BCUT2D eigenvalue weighted by Gasteiger charge is 2.20. The molecule has 2 heterocycles. The van der Waals surface area contributed by atoms with E-state index in [1.165, 1.54) is 23.5 Å². The number of thioether (sulfide) groups is 1. The van der Waals surface area contributed by atoms with Crippen LogP contribution in [0.4, 0.5) is 10.8 Å². The van der Waals surface area contributed by atoms with Crippen molar-refractivity contribution in [1.29, 1.82) is 0 Å². The Morgan fingerprint density at radius 1 is 1.32 bits per heavy atom. The smallest absolute Gasteiger partial charge is 0.282 e. The summed E-state index contributed by atoms with van der Waals surface area (Å²) in [6, 6.07) is 6.05. The number of carbonyl (C=O) groups is 1. The molecule has 25 heavy (non-hydrogen) atoms. The van der Waals surface area contributed by atoms with Crippen LogP contribution in [0.1, 0.15) is 5.01 Å². The van der Waals surface area contributed by atoms with E-state index in [2.05, 4.69) is 25.7 Å². The first kappa shape index (κ1) is 17.0. The quantitative estimate of drug-likeness (QED) is 0.389. The normalized spacial score (nSPS) is 10.6. The number of nitro groups is 1. The highest BCUT2D eigenvalue weighted by molar-refractivity contribution is 7.99. The minimum Gasteiger partial charge on any atom is -0.411 e. The second-order valence-electron chi connectivity index (χ2n) is 4.61. The molecule has 10 nitrogen and oxygen atoms in total. The lowest BCUT2D eigenvalue weighted by Gasteiger charge is -1.98. The molecule has 0 saturated heterocycles. The van der Waals surface area contributed by atoms with Crippen LogP contribution in [0.5, 0.6) is 0 Å². The lowest BCUT2D eigenvalue weighted by molar-refractivity contribution is -0.384. The summed E-state index contributed by atoms with van der Waals surface area (Å²) in [6.45, 7) is 1.78. The number of hydrogen-bond donors (Lipinski definition) is 1. The van der Waals surface area contributed by atoms with Gasteiger partial charge in [-0.25, -0.2) is 0 Å². The Hall–Kier alpha value is -2.86. The number of benzene rings is 1. The highest BCUT2D eigenvalue weighted by Crippen LogP contribution is 2.30. The maximum atomic E-state index is 11.8. The summed E-state index contributed by atoms with van der Waals surface area (Å²) < 4.78 is 5.40. The minimum absolute atomic E-state index is 0.0231. The van der Waals surface area contributed by atoms with Gasteiger partial charge in [0.05, 0.1) is 10.7 Å². The number of rotatable bonds is 6. The Kier molecular flexibility index (Phi) is 5.00. The number of hydrogen-bond acceptors (Lipinski definition) is 10. The monoisotopic (exact) mass is 378 g/mol. The van der Waals surface area contributed by atoms with Gasteiger partial charge in [0, 0.05) is 6.07 Å². The van der Waals surface area contributed by atoms with E-state index in [9.17, 15) is 14.9 Å². The molecule has 2 aromatic heterocycles. The predicted molar refractivity (Wildman–Crippen MR) is 90.4 cm³/mol. The van der Waals surface area contributed by atoms with Gasteiger partial charge in [-0.2, -0.15) is 0 Å². The number of anilines is 1. The van der Waals surface area contributed by atoms with E-state index < -0.39 is 4.92 Å². The van der Waals surface area contributed by atoms with E-state index in [4.69, 9.17) is 4.42 Å². The van der Waals surface area contributed by atoms with Crippen LogP contribution >= 0.6 is 23.1 Å². The topological polar surface area (TPSA) is 137 Å². The van der Waals surface area contributed by atoms with E-state index in [-0.39, 0.29) is 34.0 Å². The molecule has 0 atom stereocenters. The number of carbonyl (C=O) groups excluding carboxylic acids is 1. The van der Waals surface area contributed by atoms with Crippen molar-refractivity contribution < 1.29 is 14.1 Å². The number of amides is 1. The third-order valence-electron chi connectivity index (χ3n) is 2.84. The summed E-state index contributed by atoms with van der Waals surface area (Å²) >= 11 is 2.28. The molecule has 3 rings (SSSR count). The van der Waals surface area contributed by atoms with Crippen molar-refractivity contribution in [2.45, 2.75) is 12.1 Å². The second kappa shape index (κ2) is 7.36. The Morgan fingerprint density at radius 3 is 2.84 bits per heavy atom. The molecule has 1 aromatic carbocycles. The Bertz CT molecular complexity index is 925. The summed E-state index contributed by atoms with van der Waals surface area (Å²) in [4.78, 5) is 22.4. The van der Waals surface area contributed by atoms with E-state index in [1.54, 1.807) is 19.1 Å². The largest absolute Gasteiger partial charge is 0.411 e. The van der Waals surface area contributed by atoms with Crippen molar-refractivity contribution in [3.63, 3.8) is 0 Å². The van der Waals surface area contributed by atoms with Crippen LogP contribution in [0.3, 0.4) is 0 Å². The third-order valence-corrected chi connectivity index (χ3v) is 4.41. The second-order valence-corrected chi connectivity index (χ2v) is 6.72. The predicted octanol–water partition coefficient (Wildman–Crippen LogP) is 2.54. The van der Waals surface area contributed by atoms with Crippen molar-refractivity contribution >= 4 is 39.8 Å². The van der Waals surface area contributed by atoms with E-state index in [0.29, 0.717) is 5.13 Å². The van der Waals surface area contributed by atoms with E-state index in [1.807, 2.05) is 0 Å². The zero-order valence-electron chi connectivity index (χ0n) is 12.7. The molecule has 0 aliphatic carbocycles. The number of aromatic nitrogens is 4. The minimum atomic E-state index is -0.524. The fraction of sp³-hybridized carbons (Fsp3) is 0.154. The van der Waals surface area contributed by atoms with E-state index in [0.717, 1.165) is 16.8 Å². The van der Waals surface area contributed by atoms with Gasteiger partial charge in [0.2, 0.25) is 11.0 Å². The average Bonchev–Trinajstić information content (AvgIpc) is 3.22. The van der Waals surface area contributed by atoms with E-state index >= 15 is 0 Å². The van der Waals surface area contributed by atoms with Crippen LogP contribution < -0.4 is 5.32 Å². The fourth-order valence-electron chi connectivity index (χ4n) is 1.82. The molecule has 0 aliphatic rings. The summed E-state index contributed by atoms with van der Waals surface area (Å²) in [5.74, 6) is -0.251. The first-order chi connectivity index (χ1) is 12.0. The fourth-order valence-corrected chi connectivity index (χ4v) is 2.99. The third kappa shape index (κ3) is 4.16. The highest BCUT2D eigenvalue weighted by atomic mass is 32.2. The van der Waals surface area contributed by atoms with Gasteiger partial charge in [0.25, 0.3) is 16.8 Å². The lowest BCUT2D eigenvalue weighted by Crippen LogP contribution is -2.13. The van der Waals surface area contributed by atoms with Gasteiger partial charge in [-0.05, 0) is 13.0 Å². The maximum Gasteiger partial charge on any atom is 0.282 e. The first-order valence-corrected chi connectivity index (χ1v) is 8.63. The molecule has 0 radical (unpaired) electrons. The number of para-hydroxylation sites is 1. The summed E-state index contributed by atoms with van der Waals surface area (Å²) in [5, 5.41) is 30.1. The van der Waals surface area contributed by atoms with Gasteiger partial charge in [-0.15, -0.1) is 20.4 Å². The summed E-state index contributed by atoms with van der Waals surface area (Å²) in [6.07, 6.45) is 0. The first-order valence-electron chi connectivity index (χ1n) is 6.83. The van der Waals surface area contributed by atoms with Crippen LogP contribution in [-0.2, 0) is 4.79 Å². The van der Waals surface area contributed by atoms with Crippen LogP contribution in [0.15, 0.2) is 33.9 Å². The van der Waals surface area contributed by atoms with Gasteiger partial charge < -0.3 is 4.42 Å². The van der Waals surface area contributed by atoms with Crippen LogP contribution in [0.2, 0.25) is 0 Å². The Morgan fingerprint density at radius 2 is 2.12 bits per heavy atom. The van der Waals surface area contributed by atoms with Gasteiger partial charge in [0.15, 0.2) is 0 Å². The molecule has 0 fully saturated rings. The number of aryl methyl sites for hydroxylation is 1. The molecular formula is C13H10N6O4S2. The average molecular weight is 378 g/mol. The van der Waals surface area contributed by atoms with Gasteiger partial charge in [-0.3, -0.25) is 20.2 Å². The molecular weight excluding hydrogens is 368 g/mol. The summed E-state index contributed by atoms with van der Waals surface area (Å²) in [5.41, 5.74) is 0.0905. The number of nitrogens with one attached hydrogen (secondary N) is 1. The van der Waals surface area contributed by atoms with Crippen LogP contribution in [0, 0.1) is 17.0 Å². The van der Waals surface area contributed by atoms with Gasteiger partial charge >= 0.3 is 0 Å². The molecule has 3 aromatic rings. The number of nitro benzene ring substituents is 1. The Labute approximate surface area is 148 Å². The summed E-state index contributed by atoms with van der Waals surface area (Å²) in [7, 11) is 0. The van der Waals surface area contributed by atoms with Gasteiger partial charge in [-0.1, -0.05) is 35.2 Å². The lowest BCUT2D eigenvalue weighted by atomic mass is 10.2.